The van der Waals surface area contributed by atoms with Gasteiger partial charge in [-0.05, 0) is 79.8 Å². The van der Waals surface area contributed by atoms with Crippen LogP contribution in [0.3, 0.4) is 0 Å². The molecule has 2 aliphatic rings. The summed E-state index contributed by atoms with van der Waals surface area (Å²) in [5.41, 5.74) is 5.69. The molecular formula is C37H58O6Si. The number of rotatable bonds is 15. The van der Waals surface area contributed by atoms with Gasteiger partial charge < -0.3 is 28.5 Å². The molecule has 2 unspecified atom stereocenters. The molecule has 1 aromatic carbocycles. The molecule has 7 heteroatoms. The molecule has 0 amide bonds. The summed E-state index contributed by atoms with van der Waals surface area (Å²) in [5.74, 6) is 0.200. The molecule has 1 heterocycles. The van der Waals surface area contributed by atoms with E-state index in [1.54, 1.807) is 7.11 Å². The van der Waals surface area contributed by atoms with Gasteiger partial charge >= 0.3 is 0 Å². The number of hydrogen-bond acceptors (Lipinski definition) is 6. The first-order valence-electron chi connectivity index (χ1n) is 16.2. The van der Waals surface area contributed by atoms with Gasteiger partial charge in [-0.3, -0.25) is 0 Å². The first-order valence-corrected chi connectivity index (χ1v) is 19.1. The van der Waals surface area contributed by atoms with Crippen LogP contribution in [0.25, 0.3) is 0 Å². The van der Waals surface area contributed by atoms with E-state index in [1.165, 1.54) is 5.57 Å². The van der Waals surface area contributed by atoms with Gasteiger partial charge in [-0.15, -0.1) is 0 Å². The van der Waals surface area contributed by atoms with Crippen molar-refractivity contribution in [1.29, 1.82) is 0 Å². The van der Waals surface area contributed by atoms with Crippen LogP contribution >= 0.6 is 0 Å². The van der Waals surface area contributed by atoms with Crippen molar-refractivity contribution in [2.45, 2.75) is 110 Å². The van der Waals surface area contributed by atoms with Crippen molar-refractivity contribution in [2.75, 3.05) is 20.5 Å². The summed E-state index contributed by atoms with van der Waals surface area (Å²) in [6.45, 7) is 23.3. The van der Waals surface area contributed by atoms with Gasteiger partial charge in [0.05, 0.1) is 25.1 Å². The lowest BCUT2D eigenvalue weighted by Gasteiger charge is -2.41. The molecule has 1 aliphatic carbocycles. The van der Waals surface area contributed by atoms with E-state index in [9.17, 15) is 5.11 Å². The van der Waals surface area contributed by atoms with Gasteiger partial charge in [0.1, 0.15) is 6.79 Å². The SMILES string of the molecule is C=C(C)[C@@H]1CC(C)=C[C@@H](OCOC)[C@H]1[C@@H](C)C(O)/C=C(\CCO[Si](C)(C)C(C)(C)C)C1=COC(OCc2ccccc2)CC1. The van der Waals surface area contributed by atoms with Crippen molar-refractivity contribution < 1.29 is 28.5 Å². The molecule has 0 fully saturated rings. The van der Waals surface area contributed by atoms with E-state index in [0.717, 1.165) is 41.5 Å². The van der Waals surface area contributed by atoms with Crippen LogP contribution in [0, 0.1) is 17.8 Å². The fraction of sp³-hybridized carbons (Fsp3) is 0.622. The van der Waals surface area contributed by atoms with Crippen LogP contribution in [-0.2, 0) is 30.0 Å². The monoisotopic (exact) mass is 626 g/mol. The third-order valence-corrected chi connectivity index (χ3v) is 14.2. The Morgan fingerprint density at radius 2 is 1.89 bits per heavy atom. The molecule has 1 N–H and O–H groups in total. The third-order valence-electron chi connectivity index (χ3n) is 9.71. The summed E-state index contributed by atoms with van der Waals surface area (Å²) >= 11 is 0. The van der Waals surface area contributed by atoms with E-state index in [-0.39, 0.29) is 42.0 Å². The van der Waals surface area contributed by atoms with E-state index >= 15 is 0 Å². The molecule has 0 saturated carbocycles. The summed E-state index contributed by atoms with van der Waals surface area (Å²) in [4.78, 5) is 0. The molecule has 6 atom stereocenters. The number of allylic oxidation sites excluding steroid dienone is 3. The standard InChI is InChI=1S/C37H58O6Si/c1-26(2)32-20-27(3)21-34(42-25-39-8)36(32)28(4)33(38)22-30(18-19-43-44(9,10)37(5,6)7)31-16-17-35(41-24-31)40-23-29-14-12-11-13-15-29/h11-15,21-22,24,28,32-36,38H,1,16-20,23,25H2,2-10H3/b30-22+/t28-,32-,33?,34+,35?,36-/m0/s1. The Morgan fingerprint density at radius 1 is 1.18 bits per heavy atom. The molecular weight excluding hydrogens is 568 g/mol. The Balaban J connectivity index is 1.82. The van der Waals surface area contributed by atoms with Crippen molar-refractivity contribution in [3.8, 4) is 0 Å². The molecule has 0 spiro atoms. The zero-order chi connectivity index (χ0) is 32.5. The van der Waals surface area contributed by atoms with Crippen LogP contribution < -0.4 is 0 Å². The Bertz CT molecular complexity index is 1150. The lowest BCUT2D eigenvalue weighted by Crippen LogP contribution is -2.42. The summed E-state index contributed by atoms with van der Waals surface area (Å²) < 4.78 is 30.1. The maximum Gasteiger partial charge on any atom is 0.199 e. The minimum atomic E-state index is -1.92. The number of benzene rings is 1. The Kier molecular flexibility index (Phi) is 13.7. The van der Waals surface area contributed by atoms with Gasteiger partial charge in [-0.1, -0.05) is 87.9 Å². The normalized spacial score (nSPS) is 24.6. The predicted molar refractivity (Wildman–Crippen MR) is 181 cm³/mol. The van der Waals surface area contributed by atoms with Crippen LogP contribution in [0.5, 0.6) is 0 Å². The van der Waals surface area contributed by atoms with Crippen molar-refractivity contribution in [1.82, 2.24) is 0 Å². The van der Waals surface area contributed by atoms with Crippen molar-refractivity contribution >= 4 is 8.32 Å². The number of aliphatic hydroxyl groups excluding tert-OH is 1. The Labute approximate surface area is 268 Å². The molecule has 246 valence electrons. The fourth-order valence-electron chi connectivity index (χ4n) is 5.90. The number of methoxy groups -OCH3 is 1. The van der Waals surface area contributed by atoms with Gasteiger partial charge in [0.15, 0.2) is 14.6 Å². The van der Waals surface area contributed by atoms with E-state index in [1.807, 2.05) is 30.5 Å². The smallest absolute Gasteiger partial charge is 0.199 e. The van der Waals surface area contributed by atoms with Crippen molar-refractivity contribution in [3.63, 3.8) is 0 Å². The van der Waals surface area contributed by atoms with Crippen molar-refractivity contribution in [2.24, 2.45) is 17.8 Å². The second kappa shape index (κ2) is 16.5. The summed E-state index contributed by atoms with van der Waals surface area (Å²) in [6.07, 6.45) is 8.12. The minimum absolute atomic E-state index is 0.0645. The van der Waals surface area contributed by atoms with E-state index in [4.69, 9.17) is 23.4 Å². The van der Waals surface area contributed by atoms with Crippen LogP contribution in [0.1, 0.15) is 72.8 Å². The van der Waals surface area contributed by atoms with Gasteiger partial charge in [-0.25, -0.2) is 0 Å². The van der Waals surface area contributed by atoms with Crippen molar-refractivity contribution in [3.05, 3.63) is 83.2 Å². The van der Waals surface area contributed by atoms with Crippen LogP contribution in [0.2, 0.25) is 18.1 Å². The molecule has 1 aromatic rings. The molecule has 0 radical (unpaired) electrons. The highest BCUT2D eigenvalue weighted by Crippen LogP contribution is 2.42. The van der Waals surface area contributed by atoms with Gasteiger partial charge in [0.25, 0.3) is 0 Å². The summed E-state index contributed by atoms with van der Waals surface area (Å²) in [6, 6.07) is 10.2. The highest BCUT2D eigenvalue weighted by Gasteiger charge is 2.40. The second-order valence-corrected chi connectivity index (χ2v) is 19.0. The number of ether oxygens (including phenoxy) is 4. The summed E-state index contributed by atoms with van der Waals surface area (Å²) in [7, 11) is -0.279. The Morgan fingerprint density at radius 3 is 2.48 bits per heavy atom. The highest BCUT2D eigenvalue weighted by molar-refractivity contribution is 6.74. The minimum Gasteiger partial charge on any atom is -0.472 e. The molecule has 0 saturated heterocycles. The second-order valence-electron chi connectivity index (χ2n) is 14.2. The number of hydrogen-bond donors (Lipinski definition) is 1. The summed E-state index contributed by atoms with van der Waals surface area (Å²) in [5, 5.41) is 11.9. The van der Waals surface area contributed by atoms with E-state index in [2.05, 4.69) is 79.4 Å². The largest absolute Gasteiger partial charge is 0.472 e. The topological polar surface area (TPSA) is 66.4 Å². The average Bonchev–Trinajstić information content (AvgIpc) is 2.97. The Hall–Kier alpha value is -2.00. The number of aliphatic hydroxyl groups is 1. The van der Waals surface area contributed by atoms with Crippen LogP contribution in [-0.4, -0.2) is 52.4 Å². The van der Waals surface area contributed by atoms with Crippen LogP contribution in [0.4, 0.5) is 0 Å². The quantitative estimate of drug-likeness (QED) is 0.119. The van der Waals surface area contributed by atoms with Crippen LogP contribution in [0.15, 0.2) is 77.6 Å². The van der Waals surface area contributed by atoms with Gasteiger partial charge in [0.2, 0.25) is 0 Å². The highest BCUT2D eigenvalue weighted by atomic mass is 28.4. The van der Waals surface area contributed by atoms with Gasteiger partial charge in [0, 0.05) is 26.1 Å². The third kappa shape index (κ3) is 10.3. The maximum atomic E-state index is 11.8. The predicted octanol–water partition coefficient (Wildman–Crippen LogP) is 8.71. The lowest BCUT2D eigenvalue weighted by atomic mass is 9.68. The first kappa shape index (κ1) is 36.5. The molecule has 0 bridgehead atoms. The zero-order valence-electron chi connectivity index (χ0n) is 28.7. The molecule has 0 aromatic heterocycles. The molecule has 6 nitrogen and oxygen atoms in total. The van der Waals surface area contributed by atoms with E-state index in [0.29, 0.717) is 19.6 Å². The maximum absolute atomic E-state index is 11.8. The fourth-order valence-corrected chi connectivity index (χ4v) is 6.94. The molecule has 3 rings (SSSR count). The van der Waals surface area contributed by atoms with E-state index < -0.39 is 14.4 Å². The zero-order valence-corrected chi connectivity index (χ0v) is 29.7. The molecule has 44 heavy (non-hydrogen) atoms. The van der Waals surface area contributed by atoms with Gasteiger partial charge in [-0.2, -0.15) is 0 Å². The molecule has 1 aliphatic heterocycles. The lowest BCUT2D eigenvalue weighted by molar-refractivity contribution is -0.124. The first-order chi connectivity index (χ1) is 20.7. The average molecular weight is 627 g/mol.